The fourth-order valence-electron chi connectivity index (χ4n) is 1.27. The summed E-state index contributed by atoms with van der Waals surface area (Å²) in [4.78, 5) is 13.0. The largest absolute Gasteiger partial charge is 0.481 e. The van der Waals surface area contributed by atoms with Crippen LogP contribution in [-0.2, 0) is 11.2 Å². The van der Waals surface area contributed by atoms with Crippen LogP contribution in [0.1, 0.15) is 18.4 Å². The van der Waals surface area contributed by atoms with Crippen molar-refractivity contribution in [3.8, 4) is 0 Å². The van der Waals surface area contributed by atoms with Gasteiger partial charge in [-0.25, -0.2) is 0 Å². The number of carboxylic acid groups (broad SMARTS) is 1. The molecule has 78 valence electrons. The summed E-state index contributed by atoms with van der Waals surface area (Å²) in [5, 5.41) is 11.9. The van der Waals surface area contributed by atoms with Crippen molar-refractivity contribution < 1.29 is 9.90 Å². The Labute approximate surface area is 87.0 Å². The van der Waals surface area contributed by atoms with Crippen molar-refractivity contribution in [3.05, 3.63) is 40.3 Å². The molecule has 0 aliphatic heterocycles. The van der Waals surface area contributed by atoms with Gasteiger partial charge < -0.3 is 5.11 Å². The second kappa shape index (κ2) is 5.67. The van der Waals surface area contributed by atoms with Crippen LogP contribution in [0, 0.1) is 0 Å². The molecule has 0 aliphatic rings. The Hall–Kier alpha value is -2.00. The maximum Gasteiger partial charge on any atom is 0.303 e. The molecule has 1 N–H and O–H groups in total. The Kier molecular flexibility index (Phi) is 4.19. The summed E-state index contributed by atoms with van der Waals surface area (Å²) in [6, 6.07) is 7.15. The van der Waals surface area contributed by atoms with Crippen molar-refractivity contribution in [1.29, 1.82) is 0 Å². The third-order valence-corrected chi connectivity index (χ3v) is 1.93. The van der Waals surface area contributed by atoms with Gasteiger partial charge in [0.1, 0.15) is 0 Å². The number of benzene rings is 1. The lowest BCUT2D eigenvalue weighted by molar-refractivity contribution is -0.137. The molecule has 0 unspecified atom stereocenters. The number of azide groups is 1. The minimum absolute atomic E-state index is 0.158. The maximum absolute atomic E-state index is 10.3. The molecule has 0 heterocycles. The van der Waals surface area contributed by atoms with E-state index in [1.807, 2.05) is 6.07 Å². The molecule has 5 nitrogen and oxygen atoms in total. The second-order valence-corrected chi connectivity index (χ2v) is 3.11. The molecule has 0 aliphatic carbocycles. The molecule has 1 rings (SSSR count). The van der Waals surface area contributed by atoms with Crippen LogP contribution < -0.4 is 0 Å². The van der Waals surface area contributed by atoms with E-state index in [1.165, 1.54) is 0 Å². The van der Waals surface area contributed by atoms with E-state index >= 15 is 0 Å². The lowest BCUT2D eigenvalue weighted by Gasteiger charge is -2.00. The van der Waals surface area contributed by atoms with E-state index in [-0.39, 0.29) is 6.42 Å². The van der Waals surface area contributed by atoms with Gasteiger partial charge in [0.2, 0.25) is 0 Å². The Morgan fingerprint density at radius 2 is 2.33 bits per heavy atom. The topological polar surface area (TPSA) is 86.1 Å². The summed E-state index contributed by atoms with van der Waals surface area (Å²) in [5.41, 5.74) is 9.79. The number of nitrogens with zero attached hydrogens (tertiary/aromatic N) is 3. The van der Waals surface area contributed by atoms with Crippen molar-refractivity contribution in [2.45, 2.75) is 19.3 Å². The van der Waals surface area contributed by atoms with Crippen LogP contribution in [0.4, 0.5) is 5.69 Å². The molecule has 0 fully saturated rings. The van der Waals surface area contributed by atoms with Gasteiger partial charge in [0, 0.05) is 17.0 Å². The molecule has 1 aromatic carbocycles. The fourth-order valence-corrected chi connectivity index (χ4v) is 1.27. The number of hydrogen-bond donors (Lipinski definition) is 1. The quantitative estimate of drug-likeness (QED) is 0.455. The predicted octanol–water partition coefficient (Wildman–Crippen LogP) is 3.04. The van der Waals surface area contributed by atoms with Crippen molar-refractivity contribution in [2.24, 2.45) is 5.11 Å². The van der Waals surface area contributed by atoms with E-state index in [4.69, 9.17) is 10.6 Å². The van der Waals surface area contributed by atoms with Crippen molar-refractivity contribution in [3.63, 3.8) is 0 Å². The van der Waals surface area contributed by atoms with Gasteiger partial charge in [-0.2, -0.15) is 0 Å². The van der Waals surface area contributed by atoms with Crippen molar-refractivity contribution in [2.75, 3.05) is 0 Å². The van der Waals surface area contributed by atoms with E-state index in [1.54, 1.807) is 18.2 Å². The summed E-state index contributed by atoms with van der Waals surface area (Å²) in [7, 11) is 0. The summed E-state index contributed by atoms with van der Waals surface area (Å²) < 4.78 is 0. The molecule has 0 aromatic heterocycles. The van der Waals surface area contributed by atoms with Gasteiger partial charge in [-0.3, -0.25) is 4.79 Å². The Morgan fingerprint density at radius 3 is 3.00 bits per heavy atom. The van der Waals surface area contributed by atoms with Crippen LogP contribution in [0.5, 0.6) is 0 Å². The van der Waals surface area contributed by atoms with Crippen LogP contribution in [0.15, 0.2) is 29.4 Å². The highest BCUT2D eigenvalue weighted by molar-refractivity contribution is 5.66. The summed E-state index contributed by atoms with van der Waals surface area (Å²) >= 11 is 0. The van der Waals surface area contributed by atoms with Gasteiger partial charge in [-0.1, -0.05) is 23.3 Å². The predicted molar refractivity (Wildman–Crippen MR) is 55.8 cm³/mol. The van der Waals surface area contributed by atoms with Crippen LogP contribution in [-0.4, -0.2) is 11.1 Å². The Balaban J connectivity index is 2.57. The third-order valence-electron chi connectivity index (χ3n) is 1.93. The van der Waals surface area contributed by atoms with E-state index in [2.05, 4.69) is 10.0 Å². The number of carboxylic acids is 1. The third kappa shape index (κ3) is 4.15. The monoisotopic (exact) mass is 205 g/mol. The van der Waals surface area contributed by atoms with E-state index in [9.17, 15) is 4.79 Å². The summed E-state index contributed by atoms with van der Waals surface area (Å²) in [6.07, 6.45) is 1.43. The van der Waals surface area contributed by atoms with Gasteiger partial charge in [0.25, 0.3) is 0 Å². The minimum Gasteiger partial charge on any atom is -0.481 e. The zero-order valence-corrected chi connectivity index (χ0v) is 8.13. The molecule has 0 saturated heterocycles. The van der Waals surface area contributed by atoms with Crippen LogP contribution in [0.2, 0.25) is 0 Å². The number of rotatable bonds is 5. The molecule has 1 aromatic rings. The first-order chi connectivity index (χ1) is 7.22. The molecule has 15 heavy (non-hydrogen) atoms. The molecule has 0 saturated carbocycles. The van der Waals surface area contributed by atoms with Gasteiger partial charge >= 0.3 is 5.97 Å². The molecule has 0 bridgehead atoms. The Morgan fingerprint density at radius 1 is 1.53 bits per heavy atom. The molecular weight excluding hydrogens is 194 g/mol. The summed E-state index contributed by atoms with van der Waals surface area (Å²) in [6.45, 7) is 0. The van der Waals surface area contributed by atoms with Crippen LogP contribution in [0.25, 0.3) is 10.4 Å². The van der Waals surface area contributed by atoms with Crippen molar-refractivity contribution >= 4 is 11.7 Å². The zero-order valence-electron chi connectivity index (χ0n) is 8.13. The lowest BCUT2D eigenvalue weighted by Crippen LogP contribution is -1.95. The van der Waals surface area contributed by atoms with Gasteiger partial charge in [0.05, 0.1) is 0 Å². The highest BCUT2D eigenvalue weighted by atomic mass is 16.4. The zero-order chi connectivity index (χ0) is 11.1. The first-order valence-corrected chi connectivity index (χ1v) is 4.58. The molecule has 0 amide bonds. The van der Waals surface area contributed by atoms with Gasteiger partial charge in [0.15, 0.2) is 0 Å². The van der Waals surface area contributed by atoms with Crippen molar-refractivity contribution in [1.82, 2.24) is 0 Å². The molecule has 5 heteroatoms. The van der Waals surface area contributed by atoms with E-state index in [0.717, 1.165) is 5.56 Å². The molecular formula is C10H11N3O2. The SMILES string of the molecule is [N-]=[N+]=Nc1cccc(CCCC(=O)O)c1. The molecule has 0 radical (unpaired) electrons. The number of aliphatic carboxylic acids is 1. The standard InChI is InChI=1S/C10H11N3O2/c11-13-12-9-5-1-3-8(7-9)4-2-6-10(14)15/h1,3,5,7H,2,4,6H2,(H,14,15). The Bertz CT molecular complexity index is 397. The highest BCUT2D eigenvalue weighted by Crippen LogP contribution is 2.15. The highest BCUT2D eigenvalue weighted by Gasteiger charge is 1.98. The van der Waals surface area contributed by atoms with Gasteiger partial charge in [-0.15, -0.1) is 0 Å². The average molecular weight is 205 g/mol. The van der Waals surface area contributed by atoms with E-state index < -0.39 is 5.97 Å². The molecule has 0 spiro atoms. The van der Waals surface area contributed by atoms with Crippen LogP contribution in [0.3, 0.4) is 0 Å². The average Bonchev–Trinajstić information content (AvgIpc) is 2.18. The fraction of sp³-hybridized carbons (Fsp3) is 0.300. The van der Waals surface area contributed by atoms with Gasteiger partial charge in [-0.05, 0) is 30.0 Å². The number of hydrogen-bond acceptors (Lipinski definition) is 2. The first-order valence-electron chi connectivity index (χ1n) is 4.58. The molecule has 0 atom stereocenters. The summed E-state index contributed by atoms with van der Waals surface area (Å²) in [5.74, 6) is -0.791. The number of aryl methyl sites for hydroxylation is 1. The normalized spacial score (nSPS) is 9.33. The maximum atomic E-state index is 10.3. The van der Waals surface area contributed by atoms with E-state index in [0.29, 0.717) is 18.5 Å². The van der Waals surface area contributed by atoms with Crippen LogP contribution >= 0.6 is 0 Å². The first kappa shape index (κ1) is 11.1. The minimum atomic E-state index is -0.791. The lowest BCUT2D eigenvalue weighted by atomic mass is 10.1. The number of carbonyl (C=O) groups is 1. The second-order valence-electron chi connectivity index (χ2n) is 3.11. The smallest absolute Gasteiger partial charge is 0.303 e.